The van der Waals surface area contributed by atoms with E-state index >= 15 is 0 Å². The Labute approximate surface area is 234 Å². The quantitative estimate of drug-likeness (QED) is 0.107. The second-order valence-corrected chi connectivity index (χ2v) is 10.7. The zero-order chi connectivity index (χ0) is 29.4. The van der Waals surface area contributed by atoms with Gasteiger partial charge in [-0.15, -0.1) is 0 Å². The lowest BCUT2D eigenvalue weighted by molar-refractivity contribution is -0.149. The molecule has 218 valence electrons. The summed E-state index contributed by atoms with van der Waals surface area (Å²) in [5.74, 6) is -1.85. The molecule has 0 aromatic heterocycles. The number of nitrogens with zero attached hydrogens (tertiary/aromatic N) is 2. The van der Waals surface area contributed by atoms with Crippen LogP contribution in [0.5, 0.6) is 5.75 Å². The van der Waals surface area contributed by atoms with E-state index in [1.165, 1.54) is 7.05 Å². The SMILES string of the molecule is C/N=C(N)\C(F)=C/N(C=O)C1OC(CO[P@](NC(C)C(=O)OC(C)C)Oc2cccc3ccccc23)C(O)C1C. The number of hydrogen-bond acceptors (Lipinski definition) is 9. The summed E-state index contributed by atoms with van der Waals surface area (Å²) in [6.07, 6.45) is -2.00. The van der Waals surface area contributed by atoms with Crippen LogP contribution in [0.15, 0.2) is 59.5 Å². The summed E-state index contributed by atoms with van der Waals surface area (Å²) in [5, 5.41) is 15.7. The number of nitrogens with one attached hydrogen (secondary N) is 1. The summed E-state index contributed by atoms with van der Waals surface area (Å²) in [6, 6.07) is 12.5. The van der Waals surface area contributed by atoms with E-state index in [0.717, 1.165) is 21.9 Å². The van der Waals surface area contributed by atoms with Gasteiger partial charge in [0.25, 0.3) is 0 Å². The van der Waals surface area contributed by atoms with E-state index in [0.29, 0.717) is 12.2 Å². The third kappa shape index (κ3) is 7.96. The molecule has 11 nitrogen and oxygen atoms in total. The molecule has 0 aliphatic carbocycles. The number of carbonyl (C=O) groups excluding carboxylic acids is 2. The monoisotopic (exact) mass is 578 g/mol. The number of amides is 1. The van der Waals surface area contributed by atoms with E-state index in [1.54, 1.807) is 33.8 Å². The van der Waals surface area contributed by atoms with Crippen molar-refractivity contribution in [3.05, 3.63) is 54.5 Å². The summed E-state index contributed by atoms with van der Waals surface area (Å²) in [4.78, 5) is 28.7. The fourth-order valence-electron chi connectivity index (χ4n) is 3.98. The average molecular weight is 579 g/mol. The summed E-state index contributed by atoms with van der Waals surface area (Å²) in [5.41, 5.74) is 5.48. The lowest BCUT2D eigenvalue weighted by Crippen LogP contribution is -2.36. The van der Waals surface area contributed by atoms with Crippen LogP contribution in [0.1, 0.15) is 27.7 Å². The third-order valence-corrected chi connectivity index (χ3v) is 7.48. The van der Waals surface area contributed by atoms with Crippen LogP contribution >= 0.6 is 8.53 Å². The minimum absolute atomic E-state index is 0.158. The number of fused-ring (bicyclic) bond motifs is 1. The largest absolute Gasteiger partial charge is 0.462 e. The van der Waals surface area contributed by atoms with E-state index in [1.807, 2.05) is 36.4 Å². The standard InChI is InChI=1S/C27H36FN4O7P/c1-16(2)37-27(35)18(4)31-40(39-22-12-8-10-19-9-6-7-11-20(19)22)36-14-23-24(34)17(3)26(38-23)32(15-33)13-21(28)25(29)30-5/h6-13,15-18,23-24,26,31,34H,14H2,1-5H3,(H2,29,30)/b21-13+/t17?,18?,23?,24?,26?,40-/m0/s1. The van der Waals surface area contributed by atoms with Gasteiger partial charge in [0.2, 0.25) is 6.41 Å². The van der Waals surface area contributed by atoms with Gasteiger partial charge in [0.05, 0.1) is 18.8 Å². The number of halogens is 1. The molecule has 1 aliphatic heterocycles. The molecular weight excluding hydrogens is 542 g/mol. The number of hydrogen-bond donors (Lipinski definition) is 3. The van der Waals surface area contributed by atoms with E-state index < -0.39 is 50.7 Å². The number of aliphatic imine (C=N–C) groups is 1. The number of carbonyl (C=O) groups is 2. The first-order valence-electron chi connectivity index (χ1n) is 12.8. The van der Waals surface area contributed by atoms with E-state index in [2.05, 4.69) is 10.1 Å². The summed E-state index contributed by atoms with van der Waals surface area (Å²) in [6.45, 7) is 6.63. The highest BCUT2D eigenvalue weighted by atomic mass is 31.2. The van der Waals surface area contributed by atoms with Crippen LogP contribution < -0.4 is 15.3 Å². The topological polar surface area (TPSA) is 145 Å². The normalized spacial score (nSPS) is 23.2. The Kier molecular flexibility index (Phi) is 11.4. The van der Waals surface area contributed by atoms with Gasteiger partial charge in [-0.1, -0.05) is 43.3 Å². The highest BCUT2D eigenvalue weighted by Crippen LogP contribution is 2.41. The molecule has 2 aromatic carbocycles. The summed E-state index contributed by atoms with van der Waals surface area (Å²) < 4.78 is 37.7. The van der Waals surface area contributed by atoms with Gasteiger partial charge >= 0.3 is 14.5 Å². The molecular formula is C27H36FN4O7P. The van der Waals surface area contributed by atoms with Crippen molar-refractivity contribution in [3.63, 3.8) is 0 Å². The highest BCUT2D eigenvalue weighted by molar-refractivity contribution is 7.45. The molecule has 4 N–H and O–H groups in total. The molecule has 0 radical (unpaired) electrons. The lowest BCUT2D eigenvalue weighted by Gasteiger charge is -2.25. The number of esters is 1. The van der Waals surface area contributed by atoms with Gasteiger partial charge in [0, 0.05) is 24.6 Å². The maximum atomic E-state index is 14.2. The first kappa shape index (κ1) is 31.4. The molecule has 1 amide bonds. The van der Waals surface area contributed by atoms with Crippen molar-refractivity contribution in [2.45, 2.75) is 58.3 Å². The zero-order valence-corrected chi connectivity index (χ0v) is 24.0. The molecule has 0 bridgehead atoms. The van der Waals surface area contributed by atoms with Crippen LogP contribution in [0.4, 0.5) is 4.39 Å². The van der Waals surface area contributed by atoms with E-state index in [4.69, 9.17) is 24.3 Å². The maximum Gasteiger partial charge on any atom is 0.323 e. The Hall–Kier alpha value is -3.15. The van der Waals surface area contributed by atoms with Crippen LogP contribution in [0.25, 0.3) is 10.8 Å². The molecule has 0 saturated carbocycles. The maximum absolute atomic E-state index is 14.2. The molecule has 0 spiro atoms. The van der Waals surface area contributed by atoms with Crippen molar-refractivity contribution in [1.29, 1.82) is 0 Å². The van der Waals surface area contributed by atoms with Crippen molar-refractivity contribution in [1.82, 2.24) is 9.99 Å². The van der Waals surface area contributed by atoms with Gasteiger partial charge < -0.3 is 29.4 Å². The number of aliphatic hydroxyl groups excluding tert-OH is 1. The summed E-state index contributed by atoms with van der Waals surface area (Å²) in [7, 11) is -0.629. The van der Waals surface area contributed by atoms with Gasteiger partial charge in [0.1, 0.15) is 24.1 Å². The minimum atomic E-state index is -1.94. The molecule has 6 atom stereocenters. The molecule has 13 heteroatoms. The Morgan fingerprint density at radius 3 is 2.65 bits per heavy atom. The van der Waals surface area contributed by atoms with Crippen molar-refractivity contribution >= 4 is 37.5 Å². The molecule has 1 fully saturated rings. The Morgan fingerprint density at radius 1 is 1.27 bits per heavy atom. The number of aliphatic hydroxyl groups is 1. The zero-order valence-electron chi connectivity index (χ0n) is 23.1. The van der Waals surface area contributed by atoms with Crippen LogP contribution in [0.2, 0.25) is 0 Å². The molecule has 2 aromatic rings. The molecule has 5 unspecified atom stereocenters. The number of benzene rings is 2. The van der Waals surface area contributed by atoms with Crippen LogP contribution in [0, 0.1) is 5.92 Å². The van der Waals surface area contributed by atoms with Gasteiger partial charge in [-0.25, -0.2) is 9.48 Å². The van der Waals surface area contributed by atoms with Gasteiger partial charge in [-0.05, 0) is 32.2 Å². The second kappa shape index (κ2) is 14.5. The fraction of sp³-hybridized carbons (Fsp3) is 0.444. The van der Waals surface area contributed by atoms with Gasteiger partial charge in [-0.2, -0.15) is 0 Å². The Morgan fingerprint density at radius 2 is 1.98 bits per heavy atom. The highest BCUT2D eigenvalue weighted by Gasteiger charge is 2.44. The number of rotatable bonds is 13. The smallest absolute Gasteiger partial charge is 0.323 e. The predicted octanol–water partition coefficient (Wildman–Crippen LogP) is 3.37. The molecule has 3 rings (SSSR count). The Bertz CT molecular complexity index is 1230. The second-order valence-electron chi connectivity index (χ2n) is 9.51. The summed E-state index contributed by atoms with van der Waals surface area (Å²) >= 11 is 0. The van der Waals surface area contributed by atoms with Crippen LogP contribution in [-0.2, 0) is 23.6 Å². The average Bonchev–Trinajstić information content (AvgIpc) is 3.22. The minimum Gasteiger partial charge on any atom is -0.462 e. The number of nitrogens with two attached hydrogens (primary N) is 1. The van der Waals surface area contributed by atoms with Crippen molar-refractivity contribution in [3.8, 4) is 5.75 Å². The molecule has 1 aliphatic rings. The molecule has 1 saturated heterocycles. The van der Waals surface area contributed by atoms with Crippen LogP contribution in [0.3, 0.4) is 0 Å². The van der Waals surface area contributed by atoms with Crippen LogP contribution in [-0.4, -0.2) is 72.5 Å². The van der Waals surface area contributed by atoms with Gasteiger partial charge in [0.15, 0.2) is 11.7 Å². The lowest BCUT2D eigenvalue weighted by atomic mass is 10.0. The van der Waals surface area contributed by atoms with Gasteiger partial charge in [-0.3, -0.25) is 19.5 Å². The van der Waals surface area contributed by atoms with Crippen molar-refractivity contribution in [2.75, 3.05) is 13.7 Å². The molecule has 40 heavy (non-hydrogen) atoms. The van der Waals surface area contributed by atoms with Crippen molar-refractivity contribution in [2.24, 2.45) is 16.6 Å². The molecule has 1 heterocycles. The first-order chi connectivity index (χ1) is 19.0. The third-order valence-electron chi connectivity index (χ3n) is 6.14. The van der Waals surface area contributed by atoms with E-state index in [-0.39, 0.29) is 18.5 Å². The number of ether oxygens (including phenoxy) is 2. The fourth-order valence-corrected chi connectivity index (χ4v) is 5.20. The van der Waals surface area contributed by atoms with Crippen molar-refractivity contribution < 1.29 is 37.6 Å². The Balaban J connectivity index is 1.77. The number of amidine groups is 1. The first-order valence-corrected chi connectivity index (χ1v) is 13.9. The predicted molar refractivity (Wildman–Crippen MR) is 150 cm³/mol. The van der Waals surface area contributed by atoms with E-state index in [9.17, 15) is 19.1 Å².